The lowest BCUT2D eigenvalue weighted by atomic mass is 10.3. The average molecular weight is 179 g/mol. The van der Waals surface area contributed by atoms with Crippen molar-refractivity contribution in [1.29, 1.82) is 0 Å². The van der Waals surface area contributed by atoms with E-state index < -0.39 is 11.9 Å². The molecule has 0 aliphatic carbocycles. The van der Waals surface area contributed by atoms with Crippen molar-refractivity contribution >= 4 is 0 Å². The number of aromatic nitrogens is 2. The number of methoxy groups -OCH3 is 1. The number of nitrogens with zero attached hydrogens (tertiary/aromatic N) is 1. The van der Waals surface area contributed by atoms with Gasteiger partial charge in [-0.25, -0.2) is 0 Å². The molecule has 0 saturated heterocycles. The molecule has 0 aromatic carbocycles. The zero-order chi connectivity index (χ0) is 9.19. The highest BCUT2D eigenvalue weighted by Crippen LogP contribution is 2.27. The Hall–Kier alpha value is -1.04. The van der Waals surface area contributed by atoms with E-state index in [4.69, 9.17) is 0 Å². The summed E-state index contributed by atoms with van der Waals surface area (Å²) in [6.07, 6.45) is -4.44. The normalized spacial score (nSPS) is 12.0. The minimum Gasteiger partial charge on any atom is -0.378 e. The molecule has 1 aromatic rings. The van der Waals surface area contributed by atoms with Crippen LogP contribution in [0.5, 0.6) is 0 Å². The molecule has 1 heterocycles. The average Bonchev–Trinajstić information content (AvgIpc) is 2.35. The van der Waals surface area contributed by atoms with Gasteiger partial charge in [0.25, 0.3) is 0 Å². The van der Waals surface area contributed by atoms with Crippen LogP contribution >= 0.6 is 0 Å². The van der Waals surface area contributed by atoms with Crippen molar-refractivity contribution in [1.82, 2.24) is 10.2 Å². The lowest BCUT2D eigenvalue weighted by Crippen LogP contribution is -2.05. The van der Waals surface area contributed by atoms with Gasteiger partial charge in [0, 0.05) is 13.2 Å². The molecule has 0 amide bonds. The van der Waals surface area contributed by atoms with Crippen molar-refractivity contribution < 1.29 is 17.9 Å². The molecule has 0 spiro atoms. The van der Waals surface area contributed by atoms with Crippen molar-refractivity contribution in [2.75, 3.05) is 7.11 Å². The zero-order valence-electron chi connectivity index (χ0n) is 6.20. The van der Waals surface area contributed by atoms with Gasteiger partial charge in [0.2, 0.25) is 0 Å². The van der Waals surface area contributed by atoms with Crippen LogP contribution < -0.4 is 0 Å². The number of H-pyrrole nitrogens is 1. The first-order chi connectivity index (χ1) is 5.54. The number of hydrogen-bond donors (Lipinski definition) is 1. The van der Waals surface area contributed by atoms with Crippen LogP contribution in [0.1, 0.15) is 11.4 Å². The van der Waals surface area contributed by atoms with Gasteiger partial charge in [0.1, 0.15) is 0 Å². The highest BCUT2D eigenvalue weighted by molar-refractivity contribution is 5.08. The Morgan fingerprint density at radius 3 is 2.67 bits per heavy atom. The Labute approximate surface area is 66.5 Å². The molecule has 0 aliphatic rings. The standard InChI is InChI=1S/C6H6F3N2O/c1-12-3-4-2-5(11-10-4)6(7,8)9/h3H2,1H3,(H,10,11). The topological polar surface area (TPSA) is 37.9 Å². The number of aromatic amines is 1. The number of ether oxygens (including phenoxy) is 1. The monoisotopic (exact) mass is 179 g/mol. The summed E-state index contributed by atoms with van der Waals surface area (Å²) in [4.78, 5) is 0. The molecule has 3 nitrogen and oxygen atoms in total. The molecule has 0 bridgehead atoms. The fraction of sp³-hybridized carbons (Fsp3) is 0.500. The van der Waals surface area contributed by atoms with Crippen LogP contribution in [0.4, 0.5) is 13.2 Å². The van der Waals surface area contributed by atoms with Crippen LogP contribution in [0.15, 0.2) is 0 Å². The Morgan fingerprint density at radius 1 is 1.58 bits per heavy atom. The quantitative estimate of drug-likeness (QED) is 0.744. The number of rotatable bonds is 2. The summed E-state index contributed by atoms with van der Waals surface area (Å²) < 4.78 is 40.2. The van der Waals surface area contributed by atoms with Crippen LogP contribution in [-0.2, 0) is 17.5 Å². The summed E-state index contributed by atoms with van der Waals surface area (Å²) >= 11 is 0. The second kappa shape index (κ2) is 3.14. The van der Waals surface area contributed by atoms with E-state index in [1.165, 1.54) is 7.11 Å². The first kappa shape index (κ1) is 9.05. The Morgan fingerprint density at radius 2 is 2.25 bits per heavy atom. The van der Waals surface area contributed by atoms with E-state index in [2.05, 4.69) is 14.9 Å². The molecule has 0 unspecified atom stereocenters. The Balaban J connectivity index is 2.77. The highest BCUT2D eigenvalue weighted by Gasteiger charge is 2.34. The summed E-state index contributed by atoms with van der Waals surface area (Å²) in [6, 6.07) is 2.04. The highest BCUT2D eigenvalue weighted by atomic mass is 19.4. The predicted molar refractivity (Wildman–Crippen MR) is 33.1 cm³/mol. The van der Waals surface area contributed by atoms with E-state index in [1.807, 2.05) is 6.07 Å². The maximum absolute atomic E-state index is 11.9. The van der Waals surface area contributed by atoms with E-state index in [9.17, 15) is 13.2 Å². The number of nitrogens with one attached hydrogen (secondary N) is 1. The van der Waals surface area contributed by atoms with Crippen molar-refractivity contribution in [3.05, 3.63) is 17.5 Å². The third kappa shape index (κ3) is 1.97. The van der Waals surface area contributed by atoms with Crippen LogP contribution in [-0.4, -0.2) is 17.3 Å². The molecule has 1 aromatic heterocycles. The van der Waals surface area contributed by atoms with E-state index >= 15 is 0 Å². The molecule has 6 heteroatoms. The van der Waals surface area contributed by atoms with Crippen LogP contribution in [0, 0.1) is 6.07 Å². The molecule has 1 radical (unpaired) electrons. The van der Waals surface area contributed by atoms with Crippen LogP contribution in [0.25, 0.3) is 0 Å². The van der Waals surface area contributed by atoms with Gasteiger partial charge >= 0.3 is 6.18 Å². The maximum Gasteiger partial charge on any atom is 0.435 e. The predicted octanol–water partition coefficient (Wildman–Crippen LogP) is 1.38. The molecular formula is C6H6F3N2O. The lowest BCUT2D eigenvalue weighted by Gasteiger charge is -1.98. The van der Waals surface area contributed by atoms with Gasteiger partial charge in [-0.1, -0.05) is 0 Å². The first-order valence-corrected chi connectivity index (χ1v) is 3.06. The zero-order valence-corrected chi connectivity index (χ0v) is 6.20. The second-order valence-corrected chi connectivity index (χ2v) is 2.11. The van der Waals surface area contributed by atoms with Crippen molar-refractivity contribution in [3.8, 4) is 0 Å². The first-order valence-electron chi connectivity index (χ1n) is 3.06. The summed E-state index contributed by atoms with van der Waals surface area (Å²) in [5.41, 5.74) is -0.862. The van der Waals surface area contributed by atoms with Gasteiger partial charge in [-0.3, -0.25) is 5.10 Å². The third-order valence-corrected chi connectivity index (χ3v) is 1.13. The van der Waals surface area contributed by atoms with Crippen molar-refractivity contribution in [3.63, 3.8) is 0 Å². The number of alkyl halides is 3. The molecule has 0 aliphatic heterocycles. The van der Waals surface area contributed by atoms with Gasteiger partial charge in [-0.15, -0.1) is 0 Å². The molecule has 1 N–H and O–H groups in total. The summed E-state index contributed by atoms with van der Waals surface area (Å²) in [6.45, 7) is 0.0447. The molecule has 12 heavy (non-hydrogen) atoms. The minimum absolute atomic E-state index is 0.0447. The van der Waals surface area contributed by atoms with E-state index in [-0.39, 0.29) is 12.3 Å². The Bertz CT molecular complexity index is 256. The van der Waals surface area contributed by atoms with Gasteiger partial charge in [-0.2, -0.15) is 18.3 Å². The second-order valence-electron chi connectivity index (χ2n) is 2.11. The van der Waals surface area contributed by atoms with E-state index in [0.29, 0.717) is 0 Å². The van der Waals surface area contributed by atoms with Gasteiger partial charge in [0.05, 0.1) is 12.3 Å². The van der Waals surface area contributed by atoms with E-state index in [0.717, 1.165) is 0 Å². The minimum atomic E-state index is -4.44. The molecule has 67 valence electrons. The van der Waals surface area contributed by atoms with E-state index in [1.54, 1.807) is 0 Å². The molecular weight excluding hydrogens is 173 g/mol. The SMILES string of the molecule is COCc1[c]c(C(F)(F)F)n[nH]1. The summed E-state index contributed by atoms with van der Waals surface area (Å²) in [7, 11) is 1.38. The third-order valence-electron chi connectivity index (χ3n) is 1.13. The van der Waals surface area contributed by atoms with Crippen LogP contribution in [0.2, 0.25) is 0 Å². The van der Waals surface area contributed by atoms with Gasteiger partial charge in [-0.05, 0) is 0 Å². The maximum atomic E-state index is 11.9. The fourth-order valence-corrected chi connectivity index (χ4v) is 0.669. The largest absolute Gasteiger partial charge is 0.435 e. The van der Waals surface area contributed by atoms with Gasteiger partial charge < -0.3 is 4.74 Å². The molecule has 1 rings (SSSR count). The smallest absolute Gasteiger partial charge is 0.378 e. The summed E-state index contributed by atoms with van der Waals surface area (Å²) in [5.74, 6) is 0. The lowest BCUT2D eigenvalue weighted by molar-refractivity contribution is -0.141. The molecule has 0 fully saturated rings. The fourth-order valence-electron chi connectivity index (χ4n) is 0.669. The number of hydrogen-bond acceptors (Lipinski definition) is 2. The molecule has 0 atom stereocenters. The van der Waals surface area contributed by atoms with Crippen molar-refractivity contribution in [2.45, 2.75) is 12.8 Å². The summed E-state index contributed by atoms with van der Waals surface area (Å²) in [5, 5.41) is 5.18. The molecule has 0 saturated carbocycles. The van der Waals surface area contributed by atoms with Crippen molar-refractivity contribution in [2.24, 2.45) is 0 Å². The van der Waals surface area contributed by atoms with Crippen LogP contribution in [0.3, 0.4) is 0 Å². The van der Waals surface area contributed by atoms with Gasteiger partial charge in [0.15, 0.2) is 5.69 Å². The Kier molecular flexibility index (Phi) is 2.37. The number of halogens is 3.